The summed E-state index contributed by atoms with van der Waals surface area (Å²) in [6, 6.07) is 22.5. The Bertz CT molecular complexity index is 2070. The fourth-order valence-corrected chi connectivity index (χ4v) is 8.82. The molecule has 299 valence electrons. The van der Waals surface area contributed by atoms with Crippen LogP contribution in [-0.4, -0.2) is 15.9 Å². The van der Waals surface area contributed by atoms with Crippen molar-refractivity contribution in [3.05, 3.63) is 101 Å². The minimum Gasteiger partial charge on any atom is -0.512 e. The van der Waals surface area contributed by atoms with Crippen molar-refractivity contribution in [2.75, 3.05) is 0 Å². The molecule has 55 heavy (non-hydrogen) atoms. The first-order chi connectivity index (χ1) is 25.1. The summed E-state index contributed by atoms with van der Waals surface area (Å²) in [6.45, 7) is 25.1. The number of ketones is 1. The van der Waals surface area contributed by atoms with Gasteiger partial charge >= 0.3 is 6.18 Å². The Balaban J connectivity index is 0.000000349. The number of pyridine rings is 1. The molecule has 1 N–H and O–H groups in total. The van der Waals surface area contributed by atoms with Crippen LogP contribution in [0.1, 0.15) is 92.2 Å². The SMILES string of the molecule is CC(C)C(C(=O)/C=C(\O)C(C(C)C)C(C)C)C(C)C.Cc1cc2c(s1)c(-c1cc(-c3ccc(CC(C)(C)C)cc3)c(C(F)(F)F)cn1)[c-]c1ccccc12.[Ir]. The van der Waals surface area contributed by atoms with Gasteiger partial charge in [-0.1, -0.05) is 147 Å². The molecular formula is C47H57F3IrNO2S-. The number of nitrogens with zero attached hydrogens (tertiary/aromatic N) is 1. The smallest absolute Gasteiger partial charge is 0.418 e. The molecule has 1 radical (unpaired) electrons. The molecule has 2 aromatic heterocycles. The minimum atomic E-state index is -4.51. The molecule has 0 aliphatic heterocycles. The summed E-state index contributed by atoms with van der Waals surface area (Å²) in [6.07, 6.45) is -1.21. The molecule has 3 nitrogen and oxygen atoms in total. The van der Waals surface area contributed by atoms with E-state index in [4.69, 9.17) is 0 Å². The maximum absolute atomic E-state index is 14.0. The fourth-order valence-electron chi connectivity index (χ4n) is 7.79. The summed E-state index contributed by atoms with van der Waals surface area (Å²) in [4.78, 5) is 17.8. The Morgan fingerprint density at radius 1 is 0.836 bits per heavy atom. The van der Waals surface area contributed by atoms with E-state index >= 15 is 0 Å². The predicted molar refractivity (Wildman–Crippen MR) is 222 cm³/mol. The van der Waals surface area contributed by atoms with Gasteiger partial charge in [0, 0.05) is 49.9 Å². The molecule has 0 atom stereocenters. The molecule has 0 fully saturated rings. The van der Waals surface area contributed by atoms with Crippen LogP contribution in [0.4, 0.5) is 13.2 Å². The van der Waals surface area contributed by atoms with Crippen molar-refractivity contribution in [3.8, 4) is 22.4 Å². The number of carbonyl (C=O) groups is 1. The van der Waals surface area contributed by atoms with Crippen molar-refractivity contribution in [2.24, 2.45) is 40.9 Å². The van der Waals surface area contributed by atoms with Crippen LogP contribution in [-0.2, 0) is 37.5 Å². The van der Waals surface area contributed by atoms with E-state index in [0.717, 1.165) is 49.5 Å². The molecule has 2 heterocycles. The zero-order chi connectivity index (χ0) is 40.3. The zero-order valence-electron chi connectivity index (χ0n) is 34.3. The van der Waals surface area contributed by atoms with Crippen molar-refractivity contribution in [1.29, 1.82) is 0 Å². The molecule has 0 unspecified atom stereocenters. The number of fused-ring (bicyclic) bond motifs is 3. The molecule has 0 saturated heterocycles. The number of aromatic nitrogens is 1. The number of benzene rings is 3. The molecule has 0 saturated carbocycles. The second-order valence-corrected chi connectivity index (χ2v) is 18.4. The van der Waals surface area contributed by atoms with Gasteiger partial charge in [-0.05, 0) is 68.7 Å². The van der Waals surface area contributed by atoms with Crippen LogP contribution in [0.25, 0.3) is 43.2 Å². The van der Waals surface area contributed by atoms with Crippen LogP contribution < -0.4 is 0 Å². The van der Waals surface area contributed by atoms with E-state index in [2.05, 4.69) is 99.3 Å². The zero-order valence-corrected chi connectivity index (χ0v) is 37.5. The largest absolute Gasteiger partial charge is 0.512 e. The van der Waals surface area contributed by atoms with Gasteiger partial charge in [-0.2, -0.15) is 24.5 Å². The molecule has 0 spiro atoms. The average Bonchev–Trinajstić information content (AvgIpc) is 3.44. The number of allylic oxidation sites excluding steroid dienone is 2. The van der Waals surface area contributed by atoms with E-state index < -0.39 is 11.7 Å². The number of aryl methyl sites for hydroxylation is 1. The number of aliphatic hydroxyl groups excluding tert-OH is 1. The van der Waals surface area contributed by atoms with Gasteiger partial charge in [0.25, 0.3) is 0 Å². The molecular weight excluding hydrogens is 892 g/mol. The number of aliphatic hydroxyl groups is 1. The molecule has 8 heteroatoms. The molecule has 5 aromatic rings. The number of hydrogen-bond donors (Lipinski definition) is 1. The van der Waals surface area contributed by atoms with Gasteiger partial charge in [0.15, 0.2) is 5.78 Å². The Kier molecular flexibility index (Phi) is 15.7. The average molecular weight is 949 g/mol. The van der Waals surface area contributed by atoms with Crippen LogP contribution in [0.15, 0.2) is 78.7 Å². The number of alkyl halides is 3. The third kappa shape index (κ3) is 11.6. The number of thiophene rings is 1. The summed E-state index contributed by atoms with van der Waals surface area (Å²) in [5, 5.41) is 13.3. The quantitative estimate of drug-likeness (QED) is 0.0862. The summed E-state index contributed by atoms with van der Waals surface area (Å²) < 4.78 is 43.0. The monoisotopic (exact) mass is 949 g/mol. The van der Waals surface area contributed by atoms with Gasteiger partial charge in [0.2, 0.25) is 0 Å². The number of halogens is 3. The van der Waals surface area contributed by atoms with Crippen LogP contribution in [0.5, 0.6) is 0 Å². The van der Waals surface area contributed by atoms with Gasteiger partial charge in [0.1, 0.15) is 0 Å². The van der Waals surface area contributed by atoms with Gasteiger partial charge in [-0.3, -0.25) is 9.78 Å². The van der Waals surface area contributed by atoms with Gasteiger partial charge < -0.3 is 5.11 Å². The Labute approximate surface area is 344 Å². The molecule has 0 aliphatic carbocycles. The van der Waals surface area contributed by atoms with E-state index in [1.807, 2.05) is 37.3 Å². The van der Waals surface area contributed by atoms with Crippen molar-refractivity contribution < 1.29 is 43.2 Å². The van der Waals surface area contributed by atoms with Crippen LogP contribution in [0.2, 0.25) is 0 Å². The number of carbonyl (C=O) groups excluding carboxylic acids is 1. The van der Waals surface area contributed by atoms with Crippen molar-refractivity contribution in [2.45, 2.75) is 95.7 Å². The summed E-state index contributed by atoms with van der Waals surface area (Å²) in [7, 11) is 0. The standard InChI is InChI=1S/C30H25F3NS.C17H32O2.Ir/c1-18-13-24-22-8-6-5-7-21(22)14-25(28(24)35-18)27-15-23(26(17-34-27)30(31,32)33)20-11-9-19(10-12-20)16-29(2,3)4;1-10(2)16(11(3)4)14(18)9-15(19)17(12(5)6)13(7)8;/h5-13,15,17H,16H2,1-4H3;9-13,16-18H,1-8H3;/q-1;;/b;14-9-;. The normalized spacial score (nSPS) is 12.7. The third-order valence-corrected chi connectivity index (χ3v) is 10.9. The number of rotatable bonds is 10. The molecule has 0 aliphatic rings. The second-order valence-electron chi connectivity index (χ2n) is 17.2. The van der Waals surface area contributed by atoms with Crippen molar-refractivity contribution >= 4 is 38.0 Å². The fraction of sp³-hybridized carbons (Fsp3) is 0.447. The molecule has 0 bridgehead atoms. The Morgan fingerprint density at radius 3 is 1.93 bits per heavy atom. The van der Waals surface area contributed by atoms with Gasteiger partial charge in [-0.15, -0.1) is 17.5 Å². The van der Waals surface area contributed by atoms with Crippen LogP contribution in [0.3, 0.4) is 0 Å². The molecule has 0 amide bonds. The summed E-state index contributed by atoms with van der Waals surface area (Å²) in [5.41, 5.74) is 2.34. The summed E-state index contributed by atoms with van der Waals surface area (Å²) in [5.74, 6) is 1.63. The van der Waals surface area contributed by atoms with E-state index in [-0.39, 0.29) is 54.5 Å². The van der Waals surface area contributed by atoms with Gasteiger partial charge in [-0.25, -0.2) is 0 Å². The first-order valence-corrected chi connectivity index (χ1v) is 19.9. The maximum atomic E-state index is 14.0. The van der Waals surface area contributed by atoms with Crippen molar-refractivity contribution in [3.63, 3.8) is 0 Å². The van der Waals surface area contributed by atoms with E-state index in [9.17, 15) is 23.1 Å². The minimum absolute atomic E-state index is 0. The topological polar surface area (TPSA) is 50.2 Å². The predicted octanol–water partition coefficient (Wildman–Crippen LogP) is 14.4. The summed E-state index contributed by atoms with van der Waals surface area (Å²) >= 11 is 1.61. The van der Waals surface area contributed by atoms with E-state index in [1.165, 1.54) is 6.08 Å². The third-order valence-electron chi connectivity index (χ3n) is 9.86. The second kappa shape index (κ2) is 18.7. The maximum Gasteiger partial charge on any atom is 0.418 e. The van der Waals surface area contributed by atoms with Crippen LogP contribution >= 0.6 is 11.3 Å². The van der Waals surface area contributed by atoms with E-state index in [1.54, 1.807) is 29.5 Å². The molecule has 3 aromatic carbocycles. The Hall–Kier alpha value is -3.32. The first kappa shape index (κ1) is 46.1. The van der Waals surface area contributed by atoms with Crippen LogP contribution in [0, 0.1) is 53.9 Å². The number of hydrogen-bond acceptors (Lipinski definition) is 4. The first-order valence-electron chi connectivity index (χ1n) is 19.0. The Morgan fingerprint density at radius 2 is 1.40 bits per heavy atom. The van der Waals surface area contributed by atoms with Crippen molar-refractivity contribution in [1.82, 2.24) is 4.98 Å². The molecule has 5 rings (SSSR count). The van der Waals surface area contributed by atoms with Gasteiger partial charge in [0.05, 0.1) is 11.3 Å². The van der Waals surface area contributed by atoms with E-state index in [0.29, 0.717) is 34.9 Å².